The summed E-state index contributed by atoms with van der Waals surface area (Å²) in [7, 11) is -2.17. The van der Waals surface area contributed by atoms with E-state index in [9.17, 15) is 8.42 Å². The maximum Gasteiger partial charge on any atom is 0.263 e. The monoisotopic (exact) mass is 377 g/mol. The molecule has 0 spiro atoms. The number of aryl methyl sites for hydroxylation is 2. The summed E-state index contributed by atoms with van der Waals surface area (Å²) >= 11 is 0. The van der Waals surface area contributed by atoms with Crippen LogP contribution in [0.2, 0.25) is 0 Å². The van der Waals surface area contributed by atoms with E-state index in [1.165, 1.54) is 0 Å². The second kappa shape index (κ2) is 7.51. The molecule has 0 bridgehead atoms. The van der Waals surface area contributed by atoms with Gasteiger partial charge < -0.3 is 14.4 Å². The maximum atomic E-state index is 12.7. The Labute approximate surface area is 154 Å². The van der Waals surface area contributed by atoms with Gasteiger partial charge in [-0.05, 0) is 49.2 Å². The molecule has 1 fully saturated rings. The van der Waals surface area contributed by atoms with Gasteiger partial charge in [-0.2, -0.15) is 0 Å². The van der Waals surface area contributed by atoms with Crippen molar-refractivity contribution in [1.29, 1.82) is 0 Å². The van der Waals surface area contributed by atoms with Crippen LogP contribution in [0.5, 0.6) is 5.75 Å². The van der Waals surface area contributed by atoms with Gasteiger partial charge in [0, 0.05) is 13.1 Å². The molecule has 1 aromatic carbocycles. The van der Waals surface area contributed by atoms with E-state index in [2.05, 4.69) is 14.6 Å². The first kappa shape index (κ1) is 18.5. The topological polar surface area (TPSA) is 80.8 Å². The Morgan fingerprint density at radius 1 is 1.15 bits per heavy atom. The summed E-state index contributed by atoms with van der Waals surface area (Å²) in [5.41, 5.74) is 2.33. The van der Waals surface area contributed by atoms with E-state index < -0.39 is 10.0 Å². The third kappa shape index (κ3) is 3.91. The maximum absolute atomic E-state index is 12.7. The first-order valence-corrected chi connectivity index (χ1v) is 9.86. The zero-order valence-corrected chi connectivity index (χ0v) is 16.0. The van der Waals surface area contributed by atoms with Crippen LogP contribution in [0.15, 0.2) is 35.4 Å². The molecule has 0 aliphatic carbocycles. The summed E-state index contributed by atoms with van der Waals surface area (Å²) in [6.45, 7) is 6.53. The molecular weight excluding hydrogens is 354 g/mol. The number of hydrogen-bond donors (Lipinski definition) is 1. The highest BCUT2D eigenvalue weighted by molar-refractivity contribution is 7.92. The van der Waals surface area contributed by atoms with Crippen LogP contribution in [0, 0.1) is 13.8 Å². The number of anilines is 2. The number of pyridine rings is 1. The molecule has 0 radical (unpaired) electrons. The molecule has 140 valence electrons. The van der Waals surface area contributed by atoms with E-state index in [1.54, 1.807) is 38.4 Å². The van der Waals surface area contributed by atoms with Gasteiger partial charge in [0.15, 0.2) is 0 Å². The van der Waals surface area contributed by atoms with Gasteiger partial charge in [0.1, 0.15) is 11.6 Å². The summed E-state index contributed by atoms with van der Waals surface area (Å²) in [4.78, 5) is 6.63. The molecule has 0 atom stereocenters. The highest BCUT2D eigenvalue weighted by Crippen LogP contribution is 2.27. The van der Waals surface area contributed by atoms with Gasteiger partial charge in [0.2, 0.25) is 0 Å². The van der Waals surface area contributed by atoms with Crippen molar-refractivity contribution < 1.29 is 17.9 Å². The van der Waals surface area contributed by atoms with E-state index >= 15 is 0 Å². The quantitative estimate of drug-likeness (QED) is 0.861. The molecule has 1 aliphatic rings. The number of benzene rings is 1. The van der Waals surface area contributed by atoms with E-state index in [1.807, 2.05) is 13.0 Å². The predicted octanol–water partition coefficient (Wildman–Crippen LogP) is 2.34. The van der Waals surface area contributed by atoms with Gasteiger partial charge in [0.25, 0.3) is 10.0 Å². The largest absolute Gasteiger partial charge is 0.496 e. The second-order valence-electron chi connectivity index (χ2n) is 6.19. The Balaban J connectivity index is 1.80. The van der Waals surface area contributed by atoms with Crippen molar-refractivity contribution in [3.8, 4) is 5.75 Å². The summed E-state index contributed by atoms with van der Waals surface area (Å²) in [5.74, 6) is 0.948. The molecule has 0 saturated carbocycles. The molecule has 0 unspecified atom stereocenters. The summed E-state index contributed by atoms with van der Waals surface area (Å²) < 4.78 is 38.6. The molecular formula is C18H23N3O4S. The summed E-state index contributed by atoms with van der Waals surface area (Å²) in [6.07, 6.45) is 1.68. The van der Waals surface area contributed by atoms with Crippen LogP contribution in [-0.2, 0) is 14.8 Å². The fraction of sp³-hybridized carbons (Fsp3) is 0.389. The third-order valence-electron chi connectivity index (χ3n) is 4.34. The molecule has 1 aliphatic heterocycles. The Morgan fingerprint density at radius 2 is 1.88 bits per heavy atom. The van der Waals surface area contributed by atoms with Gasteiger partial charge in [-0.25, -0.2) is 13.4 Å². The van der Waals surface area contributed by atoms with E-state index in [4.69, 9.17) is 9.47 Å². The lowest BCUT2D eigenvalue weighted by atomic mass is 10.1. The zero-order chi connectivity index (χ0) is 18.7. The molecule has 1 aromatic heterocycles. The Bertz CT molecular complexity index is 876. The van der Waals surface area contributed by atoms with Crippen molar-refractivity contribution in [1.82, 2.24) is 4.98 Å². The van der Waals surface area contributed by atoms with Crippen LogP contribution in [0.25, 0.3) is 0 Å². The van der Waals surface area contributed by atoms with Gasteiger partial charge in [-0.3, -0.25) is 4.72 Å². The van der Waals surface area contributed by atoms with Crippen LogP contribution < -0.4 is 14.4 Å². The van der Waals surface area contributed by atoms with Crippen LogP contribution in [0.4, 0.5) is 11.5 Å². The summed E-state index contributed by atoms with van der Waals surface area (Å²) in [6, 6.07) is 6.87. The fourth-order valence-electron chi connectivity index (χ4n) is 2.92. The second-order valence-corrected chi connectivity index (χ2v) is 7.84. The van der Waals surface area contributed by atoms with Gasteiger partial charge in [-0.1, -0.05) is 0 Å². The van der Waals surface area contributed by atoms with E-state index in [0.717, 1.165) is 24.3 Å². The van der Waals surface area contributed by atoms with E-state index in [-0.39, 0.29) is 10.7 Å². The smallest absolute Gasteiger partial charge is 0.263 e. The van der Waals surface area contributed by atoms with Crippen LogP contribution >= 0.6 is 0 Å². The number of hydrogen-bond acceptors (Lipinski definition) is 6. The normalized spacial score (nSPS) is 15.0. The number of ether oxygens (including phenoxy) is 2. The number of morpholine rings is 1. The molecule has 2 aromatic rings. The zero-order valence-electron chi connectivity index (χ0n) is 15.2. The molecule has 2 heterocycles. The summed E-state index contributed by atoms with van der Waals surface area (Å²) in [5, 5.41) is 0. The number of rotatable bonds is 5. The lowest BCUT2D eigenvalue weighted by molar-refractivity contribution is 0.122. The van der Waals surface area contributed by atoms with Crippen molar-refractivity contribution in [2.75, 3.05) is 43.0 Å². The number of methoxy groups -OCH3 is 1. The minimum absolute atomic E-state index is 0.217. The Hall–Kier alpha value is -2.32. The van der Waals surface area contributed by atoms with Gasteiger partial charge >= 0.3 is 0 Å². The lowest BCUT2D eigenvalue weighted by Gasteiger charge is -2.28. The highest BCUT2D eigenvalue weighted by Gasteiger charge is 2.20. The third-order valence-corrected chi connectivity index (χ3v) is 5.84. The van der Waals surface area contributed by atoms with E-state index in [0.29, 0.717) is 24.5 Å². The first-order valence-electron chi connectivity index (χ1n) is 8.37. The van der Waals surface area contributed by atoms with Crippen molar-refractivity contribution in [3.63, 3.8) is 0 Å². The highest BCUT2D eigenvalue weighted by atomic mass is 32.2. The molecule has 3 rings (SSSR count). The number of nitrogens with zero attached hydrogens (tertiary/aromatic N) is 2. The molecule has 1 saturated heterocycles. The molecule has 1 N–H and O–H groups in total. The van der Waals surface area contributed by atoms with Gasteiger partial charge in [-0.15, -0.1) is 0 Å². The average Bonchev–Trinajstić information content (AvgIpc) is 2.64. The number of sulfonamides is 1. The fourth-order valence-corrected chi connectivity index (χ4v) is 4.24. The molecule has 26 heavy (non-hydrogen) atoms. The van der Waals surface area contributed by atoms with Crippen molar-refractivity contribution >= 4 is 21.5 Å². The minimum atomic E-state index is -3.73. The van der Waals surface area contributed by atoms with Crippen LogP contribution in [0.1, 0.15) is 11.1 Å². The minimum Gasteiger partial charge on any atom is -0.496 e. The van der Waals surface area contributed by atoms with Gasteiger partial charge in [0.05, 0.1) is 37.1 Å². The standard InChI is InChI=1S/C18H23N3O4S/c1-13-11-17(14(2)10-16(13)24-3)26(22,23)20-18-5-4-15(12-19-18)21-6-8-25-9-7-21/h4-5,10-12H,6-9H2,1-3H3,(H,19,20). The number of nitrogens with one attached hydrogen (secondary N) is 1. The van der Waals surface area contributed by atoms with Crippen molar-refractivity contribution in [2.45, 2.75) is 18.7 Å². The number of aromatic nitrogens is 1. The molecule has 0 amide bonds. The Kier molecular flexibility index (Phi) is 5.33. The average molecular weight is 377 g/mol. The van der Waals surface area contributed by atoms with Crippen LogP contribution in [0.3, 0.4) is 0 Å². The van der Waals surface area contributed by atoms with Crippen molar-refractivity contribution in [2.24, 2.45) is 0 Å². The molecule has 8 heteroatoms. The Morgan fingerprint density at radius 3 is 2.50 bits per heavy atom. The first-order chi connectivity index (χ1) is 12.4. The lowest BCUT2D eigenvalue weighted by Crippen LogP contribution is -2.36. The van der Waals surface area contributed by atoms with Crippen molar-refractivity contribution in [3.05, 3.63) is 41.6 Å². The van der Waals surface area contributed by atoms with Crippen LogP contribution in [-0.4, -0.2) is 46.8 Å². The molecule has 7 nitrogen and oxygen atoms in total. The predicted molar refractivity (Wildman–Crippen MR) is 101 cm³/mol. The SMILES string of the molecule is COc1cc(C)c(S(=O)(=O)Nc2ccc(N3CCOCC3)cn2)cc1C.